The molecule has 1 aliphatic heterocycles. The molecule has 0 aliphatic carbocycles. The van der Waals surface area contributed by atoms with Crippen LogP contribution in [0.2, 0.25) is 0 Å². The topological polar surface area (TPSA) is 49.4 Å². The summed E-state index contributed by atoms with van der Waals surface area (Å²) in [6.45, 7) is 9.97. The lowest BCUT2D eigenvalue weighted by molar-refractivity contribution is -0.120. The largest absolute Gasteiger partial charge is 0.350 e. The highest BCUT2D eigenvalue weighted by molar-refractivity contribution is 6.46. The monoisotopic (exact) mass is 424 g/mol. The molecular weight excluding hydrogens is 396 g/mol. The Morgan fingerprint density at radius 1 is 0.750 bits per heavy atom. The number of hydrogen-bond acceptors (Lipinski definition) is 3. The highest BCUT2D eigenvalue weighted by atomic mass is 16.2. The van der Waals surface area contributed by atoms with E-state index in [9.17, 15) is 9.59 Å². The van der Waals surface area contributed by atoms with Gasteiger partial charge in [-0.25, -0.2) is 4.90 Å². The van der Waals surface area contributed by atoms with E-state index in [0.717, 1.165) is 39.9 Å². The van der Waals surface area contributed by atoms with E-state index >= 15 is 0 Å². The number of aryl methyl sites for hydroxylation is 5. The molecule has 0 bridgehead atoms. The molecule has 3 aromatic rings. The van der Waals surface area contributed by atoms with Crippen LogP contribution >= 0.6 is 0 Å². The standard InChI is InChI=1S/C28H28N2O2/c1-6-21-10-12-22(13-11-21)29-26-25(23-14-8-17(2)15-20(23)5)27(31)30(28(26)32)24-16-18(3)7-9-19(24)4/h7-16,29H,6H2,1-5H3. The first-order chi connectivity index (χ1) is 15.3. The number of carbonyl (C=O) groups excluding carboxylic acids is 2. The molecule has 162 valence electrons. The molecule has 32 heavy (non-hydrogen) atoms. The molecule has 0 saturated carbocycles. The smallest absolute Gasteiger partial charge is 0.282 e. The van der Waals surface area contributed by atoms with E-state index in [2.05, 4.69) is 12.2 Å². The summed E-state index contributed by atoms with van der Waals surface area (Å²) >= 11 is 0. The summed E-state index contributed by atoms with van der Waals surface area (Å²) in [5, 5.41) is 3.26. The molecule has 0 atom stereocenters. The first-order valence-electron chi connectivity index (χ1n) is 10.9. The Hall–Kier alpha value is -3.66. The van der Waals surface area contributed by atoms with Crippen molar-refractivity contribution in [2.24, 2.45) is 0 Å². The average molecular weight is 425 g/mol. The predicted octanol–water partition coefficient (Wildman–Crippen LogP) is 5.88. The summed E-state index contributed by atoms with van der Waals surface area (Å²) in [6.07, 6.45) is 0.939. The Bertz CT molecular complexity index is 1250. The molecule has 1 N–H and O–H groups in total. The Morgan fingerprint density at radius 2 is 1.41 bits per heavy atom. The lowest BCUT2D eigenvalue weighted by Gasteiger charge is -2.18. The van der Waals surface area contributed by atoms with E-state index in [0.29, 0.717) is 17.0 Å². The van der Waals surface area contributed by atoms with Crippen LogP contribution in [-0.2, 0) is 16.0 Å². The van der Waals surface area contributed by atoms with Crippen molar-refractivity contribution in [3.05, 3.63) is 99.7 Å². The van der Waals surface area contributed by atoms with Crippen LogP contribution in [0.1, 0.15) is 40.3 Å². The summed E-state index contributed by atoms with van der Waals surface area (Å²) < 4.78 is 0. The minimum absolute atomic E-state index is 0.302. The van der Waals surface area contributed by atoms with Gasteiger partial charge in [-0.1, -0.05) is 55.0 Å². The number of amides is 2. The van der Waals surface area contributed by atoms with Crippen molar-refractivity contribution >= 4 is 28.8 Å². The fraction of sp³-hybridized carbons (Fsp3) is 0.214. The molecule has 4 rings (SSSR count). The maximum Gasteiger partial charge on any atom is 0.282 e. The lowest BCUT2D eigenvalue weighted by atomic mass is 9.97. The summed E-state index contributed by atoms with van der Waals surface area (Å²) in [6, 6.07) is 19.7. The summed E-state index contributed by atoms with van der Waals surface area (Å²) in [5.41, 5.74) is 8.06. The maximum absolute atomic E-state index is 13.7. The van der Waals surface area contributed by atoms with E-state index in [-0.39, 0.29) is 11.8 Å². The molecule has 1 aliphatic rings. The second kappa shape index (κ2) is 8.46. The third kappa shape index (κ3) is 3.84. The quantitative estimate of drug-likeness (QED) is 0.521. The van der Waals surface area contributed by atoms with Gasteiger partial charge in [0.2, 0.25) is 0 Å². The van der Waals surface area contributed by atoms with Gasteiger partial charge in [-0.2, -0.15) is 0 Å². The number of rotatable bonds is 5. The summed E-state index contributed by atoms with van der Waals surface area (Å²) in [4.78, 5) is 28.7. The van der Waals surface area contributed by atoms with E-state index in [4.69, 9.17) is 0 Å². The highest BCUT2D eigenvalue weighted by Gasteiger charge is 2.41. The Labute approximate surface area is 189 Å². The van der Waals surface area contributed by atoms with Crippen molar-refractivity contribution in [1.29, 1.82) is 0 Å². The second-order valence-corrected chi connectivity index (χ2v) is 8.48. The number of benzene rings is 3. The summed E-state index contributed by atoms with van der Waals surface area (Å²) in [7, 11) is 0. The van der Waals surface area contributed by atoms with E-state index < -0.39 is 0 Å². The second-order valence-electron chi connectivity index (χ2n) is 8.48. The summed E-state index contributed by atoms with van der Waals surface area (Å²) in [5.74, 6) is -0.637. The van der Waals surface area contributed by atoms with E-state index in [1.807, 2.05) is 88.4 Å². The Morgan fingerprint density at radius 3 is 2.06 bits per heavy atom. The van der Waals surface area contributed by atoms with Gasteiger partial charge < -0.3 is 5.32 Å². The van der Waals surface area contributed by atoms with Gasteiger partial charge in [0.15, 0.2) is 0 Å². The zero-order valence-electron chi connectivity index (χ0n) is 19.2. The molecule has 0 saturated heterocycles. The SMILES string of the molecule is CCc1ccc(NC2=C(c3ccc(C)cc3C)C(=O)N(c3cc(C)ccc3C)C2=O)cc1. The first kappa shape index (κ1) is 21.6. The predicted molar refractivity (Wildman–Crippen MR) is 131 cm³/mol. The van der Waals surface area contributed by atoms with Crippen LogP contribution in [0.3, 0.4) is 0 Å². The van der Waals surface area contributed by atoms with Crippen molar-refractivity contribution in [3.8, 4) is 0 Å². The van der Waals surface area contributed by atoms with E-state index in [1.54, 1.807) is 0 Å². The molecule has 2 amide bonds. The van der Waals surface area contributed by atoms with Crippen molar-refractivity contribution < 1.29 is 9.59 Å². The van der Waals surface area contributed by atoms with Crippen LogP contribution in [0, 0.1) is 27.7 Å². The zero-order chi connectivity index (χ0) is 23.0. The zero-order valence-corrected chi connectivity index (χ0v) is 19.2. The molecule has 0 fully saturated rings. The Balaban J connectivity index is 1.86. The van der Waals surface area contributed by atoms with Crippen LogP contribution < -0.4 is 10.2 Å². The number of anilines is 2. The molecule has 1 heterocycles. The van der Waals surface area contributed by atoms with Crippen molar-refractivity contribution in [3.63, 3.8) is 0 Å². The number of carbonyl (C=O) groups is 2. The van der Waals surface area contributed by atoms with Gasteiger partial charge in [0.05, 0.1) is 11.3 Å². The first-order valence-corrected chi connectivity index (χ1v) is 10.9. The van der Waals surface area contributed by atoms with Crippen molar-refractivity contribution in [1.82, 2.24) is 0 Å². The number of imide groups is 1. The number of hydrogen-bond donors (Lipinski definition) is 1. The fourth-order valence-corrected chi connectivity index (χ4v) is 4.14. The average Bonchev–Trinajstić information content (AvgIpc) is 3.00. The van der Waals surface area contributed by atoms with Crippen LogP contribution in [-0.4, -0.2) is 11.8 Å². The molecule has 0 spiro atoms. The van der Waals surface area contributed by atoms with Crippen molar-refractivity contribution in [2.45, 2.75) is 41.0 Å². The molecule has 0 aromatic heterocycles. The van der Waals surface area contributed by atoms with Gasteiger partial charge in [0, 0.05) is 5.69 Å². The normalized spacial score (nSPS) is 13.8. The van der Waals surface area contributed by atoms with Crippen LogP contribution in [0.5, 0.6) is 0 Å². The van der Waals surface area contributed by atoms with Crippen LogP contribution in [0.4, 0.5) is 11.4 Å². The van der Waals surface area contributed by atoms with Gasteiger partial charge in [-0.3, -0.25) is 9.59 Å². The molecule has 3 aromatic carbocycles. The minimum Gasteiger partial charge on any atom is -0.350 e. The minimum atomic E-state index is -0.335. The van der Waals surface area contributed by atoms with Crippen LogP contribution in [0.15, 0.2) is 66.4 Å². The lowest BCUT2D eigenvalue weighted by Crippen LogP contribution is -2.33. The fourth-order valence-electron chi connectivity index (χ4n) is 4.14. The third-order valence-corrected chi connectivity index (χ3v) is 5.97. The Kier molecular flexibility index (Phi) is 5.70. The van der Waals surface area contributed by atoms with Gasteiger partial charge in [-0.05, 0) is 80.1 Å². The van der Waals surface area contributed by atoms with Gasteiger partial charge in [-0.15, -0.1) is 0 Å². The van der Waals surface area contributed by atoms with Gasteiger partial charge in [0.1, 0.15) is 5.70 Å². The van der Waals surface area contributed by atoms with Gasteiger partial charge >= 0.3 is 0 Å². The number of nitrogens with zero attached hydrogens (tertiary/aromatic N) is 1. The van der Waals surface area contributed by atoms with E-state index in [1.165, 1.54) is 10.5 Å². The molecule has 4 nitrogen and oxygen atoms in total. The molecular formula is C28H28N2O2. The molecule has 4 heteroatoms. The van der Waals surface area contributed by atoms with Crippen molar-refractivity contribution in [2.75, 3.05) is 10.2 Å². The highest BCUT2D eigenvalue weighted by Crippen LogP contribution is 2.36. The third-order valence-electron chi connectivity index (χ3n) is 5.97. The number of nitrogens with one attached hydrogen (secondary N) is 1. The molecule has 0 radical (unpaired) electrons. The maximum atomic E-state index is 13.7. The molecule has 0 unspecified atom stereocenters. The van der Waals surface area contributed by atoms with Crippen LogP contribution in [0.25, 0.3) is 5.57 Å². The van der Waals surface area contributed by atoms with Gasteiger partial charge in [0.25, 0.3) is 11.8 Å².